The second-order valence-electron chi connectivity index (χ2n) is 5.31. The second-order valence-corrected chi connectivity index (χ2v) is 5.31. The summed E-state index contributed by atoms with van der Waals surface area (Å²) < 4.78 is 15.7. The van der Waals surface area contributed by atoms with Crippen molar-refractivity contribution in [2.45, 2.75) is 13.5 Å². The smallest absolute Gasteiger partial charge is 0.258 e. The third kappa shape index (κ3) is 4.76. The van der Waals surface area contributed by atoms with Crippen molar-refractivity contribution in [3.63, 3.8) is 0 Å². The van der Waals surface area contributed by atoms with Crippen LogP contribution in [0.3, 0.4) is 0 Å². The Bertz CT molecular complexity index is 690. The maximum absolute atomic E-state index is 12.5. The van der Waals surface area contributed by atoms with Gasteiger partial charge in [-0.25, -0.2) is 0 Å². The van der Waals surface area contributed by atoms with Crippen molar-refractivity contribution in [1.29, 1.82) is 0 Å². The predicted molar refractivity (Wildman–Crippen MR) is 91.7 cm³/mol. The molecule has 1 aromatic heterocycles. The van der Waals surface area contributed by atoms with Crippen molar-refractivity contribution < 1.29 is 23.5 Å². The topological polar surface area (TPSA) is 81.0 Å². The Kier molecular flexibility index (Phi) is 6.45. The molecule has 0 atom stereocenters. The zero-order valence-corrected chi connectivity index (χ0v) is 14.6. The molecule has 7 nitrogen and oxygen atoms in total. The van der Waals surface area contributed by atoms with Crippen LogP contribution in [0, 0.1) is 0 Å². The third-order valence-electron chi connectivity index (χ3n) is 3.69. The van der Waals surface area contributed by atoms with Crippen molar-refractivity contribution in [3.05, 3.63) is 47.9 Å². The highest BCUT2D eigenvalue weighted by atomic mass is 16.5. The number of ether oxygens (including phenoxy) is 2. The molecule has 0 spiro atoms. The first kappa shape index (κ1) is 18.4. The van der Waals surface area contributed by atoms with E-state index >= 15 is 0 Å². The molecule has 2 aromatic rings. The average molecular weight is 346 g/mol. The maximum atomic E-state index is 12.5. The number of rotatable bonds is 8. The van der Waals surface area contributed by atoms with E-state index in [-0.39, 0.29) is 11.8 Å². The fourth-order valence-electron chi connectivity index (χ4n) is 2.41. The fraction of sp³-hybridized carbons (Fsp3) is 0.333. The van der Waals surface area contributed by atoms with Crippen LogP contribution in [0.5, 0.6) is 11.5 Å². The molecule has 0 radical (unpaired) electrons. The monoisotopic (exact) mass is 346 g/mol. The lowest BCUT2D eigenvalue weighted by molar-refractivity contribution is -0.129. The summed E-state index contributed by atoms with van der Waals surface area (Å²) in [5.41, 5.74) is 0.327. The van der Waals surface area contributed by atoms with Gasteiger partial charge in [-0.3, -0.25) is 9.59 Å². The molecule has 0 fully saturated rings. The van der Waals surface area contributed by atoms with Crippen molar-refractivity contribution in [2.24, 2.45) is 0 Å². The summed E-state index contributed by atoms with van der Waals surface area (Å²) in [6.45, 7) is 2.49. The van der Waals surface area contributed by atoms with Crippen LogP contribution in [0.2, 0.25) is 0 Å². The summed E-state index contributed by atoms with van der Waals surface area (Å²) in [6.07, 6.45) is 1.56. The Hall–Kier alpha value is -2.96. The van der Waals surface area contributed by atoms with E-state index in [1.165, 1.54) is 21.1 Å². The summed E-state index contributed by atoms with van der Waals surface area (Å²) in [5.74, 6) is 1.12. The van der Waals surface area contributed by atoms with Crippen LogP contribution in [-0.4, -0.2) is 44.0 Å². The van der Waals surface area contributed by atoms with Crippen molar-refractivity contribution >= 4 is 11.8 Å². The normalized spacial score (nSPS) is 10.2. The third-order valence-corrected chi connectivity index (χ3v) is 3.69. The average Bonchev–Trinajstić information content (AvgIpc) is 3.12. The highest BCUT2D eigenvalue weighted by Crippen LogP contribution is 2.27. The van der Waals surface area contributed by atoms with E-state index in [9.17, 15) is 9.59 Å². The lowest BCUT2D eigenvalue weighted by atomic mass is 10.1. The molecule has 2 rings (SSSR count). The lowest BCUT2D eigenvalue weighted by Crippen LogP contribution is -2.37. The largest absolute Gasteiger partial charge is 0.496 e. The van der Waals surface area contributed by atoms with Crippen LogP contribution in [0.15, 0.2) is 41.0 Å². The molecule has 0 aliphatic heterocycles. The van der Waals surface area contributed by atoms with Gasteiger partial charge in [0.25, 0.3) is 5.91 Å². The first-order valence-electron chi connectivity index (χ1n) is 7.84. The maximum Gasteiger partial charge on any atom is 0.258 e. The number of hydrogen-bond donors (Lipinski definition) is 1. The highest BCUT2D eigenvalue weighted by Gasteiger charge is 2.18. The molecular formula is C18H22N2O5. The van der Waals surface area contributed by atoms with E-state index < -0.39 is 0 Å². The van der Waals surface area contributed by atoms with Crippen LogP contribution in [0.4, 0.5) is 0 Å². The highest BCUT2D eigenvalue weighted by molar-refractivity contribution is 5.99. The van der Waals surface area contributed by atoms with Crippen molar-refractivity contribution in [2.75, 3.05) is 27.3 Å². The van der Waals surface area contributed by atoms with E-state index in [4.69, 9.17) is 13.9 Å². The van der Waals surface area contributed by atoms with Gasteiger partial charge in [0, 0.05) is 20.0 Å². The first-order chi connectivity index (χ1) is 12.1. The number of amides is 2. The Morgan fingerprint density at radius 1 is 1.12 bits per heavy atom. The number of benzene rings is 1. The number of nitrogens with zero attached hydrogens (tertiary/aromatic N) is 1. The van der Waals surface area contributed by atoms with E-state index in [1.807, 2.05) is 0 Å². The molecule has 7 heteroatoms. The Morgan fingerprint density at radius 3 is 2.32 bits per heavy atom. The van der Waals surface area contributed by atoms with Gasteiger partial charge in [-0.1, -0.05) is 6.07 Å². The number of hydrogen-bond acceptors (Lipinski definition) is 5. The van der Waals surface area contributed by atoms with Gasteiger partial charge in [-0.05, 0) is 24.3 Å². The minimum Gasteiger partial charge on any atom is -0.496 e. The zero-order chi connectivity index (χ0) is 18.2. The molecule has 1 N–H and O–H groups in total. The van der Waals surface area contributed by atoms with Crippen LogP contribution in [0.25, 0.3) is 0 Å². The Labute approximate surface area is 146 Å². The molecule has 134 valence electrons. The van der Waals surface area contributed by atoms with E-state index in [1.54, 1.807) is 41.5 Å². The Balaban J connectivity index is 1.98. The van der Waals surface area contributed by atoms with Gasteiger partial charge >= 0.3 is 0 Å². The molecule has 0 aliphatic carbocycles. The van der Waals surface area contributed by atoms with Crippen molar-refractivity contribution in [3.8, 4) is 11.5 Å². The standard InChI is InChI=1S/C18H22N2O5/c1-13(21)20(12-14-6-5-11-25-14)10-9-19-18(22)17-15(23-2)7-4-8-16(17)24-3/h4-8,11H,9-10,12H2,1-3H3,(H,19,22). The SMILES string of the molecule is COc1cccc(OC)c1C(=O)NCCN(Cc1ccco1)C(C)=O. The molecular weight excluding hydrogens is 324 g/mol. The summed E-state index contributed by atoms with van der Waals surface area (Å²) in [5, 5.41) is 2.79. The van der Waals surface area contributed by atoms with Gasteiger partial charge in [0.2, 0.25) is 5.91 Å². The molecule has 0 aliphatic rings. The van der Waals surface area contributed by atoms with Crippen LogP contribution in [-0.2, 0) is 11.3 Å². The summed E-state index contributed by atoms with van der Waals surface area (Å²) in [6, 6.07) is 8.69. The van der Waals surface area contributed by atoms with Gasteiger partial charge in [-0.2, -0.15) is 0 Å². The predicted octanol–water partition coefficient (Wildman–Crippen LogP) is 2.08. The molecule has 1 aromatic carbocycles. The Morgan fingerprint density at radius 2 is 1.80 bits per heavy atom. The van der Waals surface area contributed by atoms with Crippen molar-refractivity contribution in [1.82, 2.24) is 10.2 Å². The molecule has 25 heavy (non-hydrogen) atoms. The first-order valence-corrected chi connectivity index (χ1v) is 7.84. The number of carbonyl (C=O) groups excluding carboxylic acids is 2. The minimum absolute atomic E-state index is 0.0967. The number of carbonyl (C=O) groups is 2. The minimum atomic E-state index is -0.323. The van der Waals surface area contributed by atoms with Crippen LogP contribution in [0.1, 0.15) is 23.0 Å². The number of furan rings is 1. The molecule has 0 unspecified atom stereocenters. The molecule has 1 heterocycles. The summed E-state index contributed by atoms with van der Waals surface area (Å²) in [4.78, 5) is 25.8. The van der Waals surface area contributed by atoms with Gasteiger partial charge in [0.15, 0.2) is 0 Å². The van der Waals surface area contributed by atoms with Gasteiger partial charge in [-0.15, -0.1) is 0 Å². The van der Waals surface area contributed by atoms with E-state index in [0.717, 1.165) is 0 Å². The zero-order valence-electron chi connectivity index (χ0n) is 14.6. The van der Waals surface area contributed by atoms with Crippen LogP contribution >= 0.6 is 0 Å². The fourth-order valence-corrected chi connectivity index (χ4v) is 2.41. The van der Waals surface area contributed by atoms with E-state index in [2.05, 4.69) is 5.32 Å². The molecule has 2 amide bonds. The van der Waals surface area contributed by atoms with Gasteiger partial charge < -0.3 is 24.1 Å². The summed E-state index contributed by atoms with van der Waals surface area (Å²) >= 11 is 0. The number of nitrogens with one attached hydrogen (secondary N) is 1. The van der Waals surface area contributed by atoms with E-state index in [0.29, 0.717) is 42.5 Å². The molecule has 0 bridgehead atoms. The van der Waals surface area contributed by atoms with Gasteiger partial charge in [0.1, 0.15) is 22.8 Å². The quantitative estimate of drug-likeness (QED) is 0.791. The second kappa shape index (κ2) is 8.77. The summed E-state index contributed by atoms with van der Waals surface area (Å²) in [7, 11) is 2.98. The molecule has 0 saturated carbocycles. The van der Waals surface area contributed by atoms with Crippen LogP contribution < -0.4 is 14.8 Å². The molecule has 0 saturated heterocycles. The lowest BCUT2D eigenvalue weighted by Gasteiger charge is -2.20. The number of methoxy groups -OCH3 is 2. The van der Waals surface area contributed by atoms with Gasteiger partial charge in [0.05, 0.1) is 27.0 Å².